The van der Waals surface area contributed by atoms with Crippen molar-refractivity contribution in [2.45, 2.75) is 65.2 Å². The van der Waals surface area contributed by atoms with E-state index < -0.39 is 29.6 Å². The number of hydrogen-bond acceptors (Lipinski definition) is 5. The van der Waals surface area contributed by atoms with Crippen LogP contribution in [0.2, 0.25) is 0 Å². The molecule has 1 aliphatic heterocycles. The van der Waals surface area contributed by atoms with Gasteiger partial charge >= 0.3 is 12.1 Å². The number of amides is 2. The average Bonchev–Trinajstić information content (AvgIpc) is 3.01. The molecule has 0 aromatic heterocycles. The Morgan fingerprint density at radius 1 is 1.03 bits per heavy atom. The van der Waals surface area contributed by atoms with Crippen molar-refractivity contribution in [3.63, 3.8) is 0 Å². The Balaban J connectivity index is 1.68. The lowest BCUT2D eigenvalue weighted by Crippen LogP contribution is -2.46. The van der Waals surface area contributed by atoms with Gasteiger partial charge in [-0.05, 0) is 58.1 Å². The first-order chi connectivity index (χ1) is 17.6. The number of alkyl carbamates (subject to hydrolysis) is 1. The van der Waals surface area contributed by atoms with E-state index >= 15 is 0 Å². The van der Waals surface area contributed by atoms with Crippen molar-refractivity contribution in [1.29, 1.82) is 0 Å². The van der Waals surface area contributed by atoms with Gasteiger partial charge in [0.2, 0.25) is 5.91 Å². The van der Waals surface area contributed by atoms with Crippen molar-refractivity contribution in [3.8, 4) is 0 Å². The third kappa shape index (κ3) is 9.08. The Morgan fingerprint density at radius 3 is 2.27 bits per heavy atom. The van der Waals surface area contributed by atoms with Crippen LogP contribution in [0.25, 0.3) is 0 Å². The molecule has 0 spiro atoms. The van der Waals surface area contributed by atoms with Crippen molar-refractivity contribution < 1.29 is 23.9 Å². The van der Waals surface area contributed by atoms with Crippen LogP contribution < -0.4 is 5.32 Å². The summed E-state index contributed by atoms with van der Waals surface area (Å²) in [7, 11) is 0. The summed E-state index contributed by atoms with van der Waals surface area (Å²) in [5, 5.41) is 2.79. The predicted octanol–water partition coefficient (Wildman–Crippen LogP) is 5.05. The van der Waals surface area contributed by atoms with Crippen LogP contribution in [0.4, 0.5) is 4.79 Å². The molecule has 0 radical (unpaired) electrons. The summed E-state index contributed by atoms with van der Waals surface area (Å²) in [4.78, 5) is 40.2. The van der Waals surface area contributed by atoms with Crippen LogP contribution in [0, 0.1) is 5.92 Å². The molecule has 7 nitrogen and oxygen atoms in total. The monoisotopic (exact) mass is 506 g/mol. The second kappa shape index (κ2) is 13.1. The standard InChI is InChI=1S/C30H38N2O5/c1-22(28(34)36-21-25-13-9-6-10-14-25)32-18-16-24(15-17-31-29(35)37-30(2,3)4)20-26(27(32)33)19-23-11-7-5-8-12-23/h5-14,20,22,26H,15-19,21H2,1-4H3,(H,31,35). The Bertz CT molecular complexity index is 1080. The Hall–Kier alpha value is -3.61. The minimum Gasteiger partial charge on any atom is -0.459 e. The fraction of sp³-hybridized carbons (Fsp3) is 0.433. The van der Waals surface area contributed by atoms with E-state index in [2.05, 4.69) is 5.32 Å². The first-order valence-corrected chi connectivity index (χ1v) is 12.8. The molecule has 0 aliphatic carbocycles. The minimum absolute atomic E-state index is 0.0943. The Labute approximate surface area is 219 Å². The molecule has 3 rings (SSSR count). The van der Waals surface area contributed by atoms with E-state index in [0.717, 1.165) is 16.7 Å². The van der Waals surface area contributed by atoms with Crippen LogP contribution in [0.15, 0.2) is 72.3 Å². The molecular weight excluding hydrogens is 468 g/mol. The number of rotatable bonds is 9. The zero-order chi connectivity index (χ0) is 26.8. The summed E-state index contributed by atoms with van der Waals surface area (Å²) in [6.45, 7) is 8.16. The van der Waals surface area contributed by atoms with Gasteiger partial charge in [-0.2, -0.15) is 0 Å². The highest BCUT2D eigenvalue weighted by Gasteiger charge is 2.33. The lowest BCUT2D eigenvalue weighted by molar-refractivity contribution is -0.156. The Kier molecular flexibility index (Phi) is 9.89. The summed E-state index contributed by atoms with van der Waals surface area (Å²) in [6, 6.07) is 18.6. The quantitative estimate of drug-likeness (QED) is 0.380. The van der Waals surface area contributed by atoms with Gasteiger partial charge in [-0.1, -0.05) is 72.3 Å². The summed E-state index contributed by atoms with van der Waals surface area (Å²) >= 11 is 0. The minimum atomic E-state index is -0.706. The first kappa shape index (κ1) is 28.0. The molecule has 1 N–H and O–H groups in total. The number of carbonyl (C=O) groups is 3. The van der Waals surface area contributed by atoms with Gasteiger partial charge in [0.05, 0.1) is 5.92 Å². The Morgan fingerprint density at radius 2 is 1.65 bits per heavy atom. The van der Waals surface area contributed by atoms with Gasteiger partial charge in [-0.25, -0.2) is 9.59 Å². The van der Waals surface area contributed by atoms with E-state index in [1.807, 2.05) is 87.5 Å². The normalized spacial score (nSPS) is 16.9. The maximum absolute atomic E-state index is 13.6. The van der Waals surface area contributed by atoms with E-state index in [0.29, 0.717) is 32.4 Å². The molecular formula is C30H38N2O5. The van der Waals surface area contributed by atoms with Gasteiger partial charge in [0.1, 0.15) is 18.2 Å². The lowest BCUT2D eigenvalue weighted by atomic mass is 9.95. The van der Waals surface area contributed by atoms with Crippen LogP contribution in [-0.2, 0) is 32.1 Å². The number of ether oxygens (including phenoxy) is 2. The number of esters is 1. The van der Waals surface area contributed by atoms with Gasteiger partial charge in [-0.15, -0.1) is 0 Å². The molecule has 1 aliphatic rings. The topological polar surface area (TPSA) is 84.9 Å². The summed E-state index contributed by atoms with van der Waals surface area (Å²) in [5.74, 6) is -0.931. The van der Waals surface area contributed by atoms with Gasteiger partial charge in [0.15, 0.2) is 0 Å². The van der Waals surface area contributed by atoms with E-state index in [-0.39, 0.29) is 12.5 Å². The van der Waals surface area contributed by atoms with Gasteiger partial charge < -0.3 is 19.7 Å². The van der Waals surface area contributed by atoms with Crippen LogP contribution in [0.3, 0.4) is 0 Å². The molecule has 2 amide bonds. The molecule has 0 bridgehead atoms. The number of benzene rings is 2. The molecule has 2 aromatic carbocycles. The SMILES string of the molecule is CC(C(=O)OCc1ccccc1)N1CCC(CCNC(=O)OC(C)(C)C)=CC(Cc2ccccc2)C1=O. The lowest BCUT2D eigenvalue weighted by Gasteiger charge is -2.29. The largest absolute Gasteiger partial charge is 0.459 e. The van der Waals surface area contributed by atoms with Crippen LogP contribution in [0.5, 0.6) is 0 Å². The fourth-order valence-electron chi connectivity index (χ4n) is 4.25. The third-order valence-corrected chi connectivity index (χ3v) is 6.16. The number of carbonyl (C=O) groups excluding carboxylic acids is 3. The third-order valence-electron chi connectivity index (χ3n) is 6.16. The van der Waals surface area contributed by atoms with Crippen molar-refractivity contribution >= 4 is 18.0 Å². The first-order valence-electron chi connectivity index (χ1n) is 12.8. The van der Waals surface area contributed by atoms with Crippen LogP contribution in [-0.4, -0.2) is 47.6 Å². The zero-order valence-electron chi connectivity index (χ0n) is 22.2. The van der Waals surface area contributed by atoms with Crippen molar-refractivity contribution in [2.24, 2.45) is 5.92 Å². The molecule has 198 valence electrons. The summed E-state index contributed by atoms with van der Waals surface area (Å²) in [6.07, 6.45) is 3.29. The van der Waals surface area contributed by atoms with E-state index in [1.165, 1.54) is 0 Å². The van der Waals surface area contributed by atoms with Crippen LogP contribution >= 0.6 is 0 Å². The molecule has 0 fully saturated rings. The summed E-state index contributed by atoms with van der Waals surface area (Å²) < 4.78 is 10.8. The zero-order valence-corrected chi connectivity index (χ0v) is 22.2. The van der Waals surface area contributed by atoms with Crippen molar-refractivity contribution in [1.82, 2.24) is 10.2 Å². The highest BCUT2D eigenvalue weighted by Crippen LogP contribution is 2.24. The van der Waals surface area contributed by atoms with E-state index in [1.54, 1.807) is 11.8 Å². The van der Waals surface area contributed by atoms with Gasteiger partial charge in [0, 0.05) is 13.1 Å². The number of hydrogen-bond donors (Lipinski definition) is 1. The van der Waals surface area contributed by atoms with Gasteiger partial charge in [0.25, 0.3) is 0 Å². The average molecular weight is 507 g/mol. The van der Waals surface area contributed by atoms with Gasteiger partial charge in [-0.3, -0.25) is 4.79 Å². The molecule has 37 heavy (non-hydrogen) atoms. The molecule has 2 aromatic rings. The highest BCUT2D eigenvalue weighted by molar-refractivity contribution is 5.87. The predicted molar refractivity (Wildman–Crippen MR) is 143 cm³/mol. The maximum Gasteiger partial charge on any atom is 0.407 e. The fourth-order valence-corrected chi connectivity index (χ4v) is 4.25. The van der Waals surface area contributed by atoms with Crippen LogP contribution in [0.1, 0.15) is 51.7 Å². The molecule has 7 heteroatoms. The second-order valence-corrected chi connectivity index (χ2v) is 10.4. The number of nitrogens with one attached hydrogen (secondary N) is 1. The van der Waals surface area contributed by atoms with Crippen molar-refractivity contribution in [3.05, 3.63) is 83.4 Å². The molecule has 0 saturated carbocycles. The number of nitrogens with zero attached hydrogens (tertiary/aromatic N) is 1. The summed E-state index contributed by atoms with van der Waals surface area (Å²) in [5.41, 5.74) is 2.45. The smallest absolute Gasteiger partial charge is 0.407 e. The second-order valence-electron chi connectivity index (χ2n) is 10.4. The highest BCUT2D eigenvalue weighted by atomic mass is 16.6. The molecule has 0 saturated heterocycles. The molecule has 1 heterocycles. The molecule has 2 unspecified atom stereocenters. The maximum atomic E-state index is 13.6. The van der Waals surface area contributed by atoms with Crippen molar-refractivity contribution in [2.75, 3.05) is 13.1 Å². The van der Waals surface area contributed by atoms with E-state index in [9.17, 15) is 14.4 Å². The molecule has 2 atom stereocenters. The van der Waals surface area contributed by atoms with E-state index in [4.69, 9.17) is 9.47 Å².